The van der Waals surface area contributed by atoms with Gasteiger partial charge < -0.3 is 19.7 Å². The first-order valence-corrected chi connectivity index (χ1v) is 11.1. The number of amides is 1. The molecular weight excluding hydrogens is 378 g/mol. The zero-order valence-corrected chi connectivity index (χ0v) is 18.0. The molecule has 3 aliphatic rings. The molecule has 2 aliphatic carbocycles. The van der Waals surface area contributed by atoms with Crippen molar-refractivity contribution in [2.24, 2.45) is 11.3 Å². The number of fused-ring (bicyclic) bond motifs is 3. The van der Waals surface area contributed by atoms with Crippen molar-refractivity contribution in [2.45, 2.75) is 76.7 Å². The molecule has 1 aromatic heterocycles. The molecule has 5 rings (SSSR count). The van der Waals surface area contributed by atoms with E-state index in [1.807, 2.05) is 33.3 Å². The van der Waals surface area contributed by atoms with Crippen LogP contribution in [0.1, 0.15) is 64.5 Å². The first-order valence-electron chi connectivity index (χ1n) is 11.1. The molecule has 0 radical (unpaired) electrons. The molecule has 0 bridgehead atoms. The maximum Gasteiger partial charge on any atom is 0.407 e. The van der Waals surface area contributed by atoms with Crippen molar-refractivity contribution in [3.63, 3.8) is 0 Å². The number of aliphatic hydroxyl groups excluding tert-OH is 1. The number of hydrogen-bond donors (Lipinski definition) is 2. The summed E-state index contributed by atoms with van der Waals surface area (Å²) in [6.07, 6.45) is 7.83. The summed E-state index contributed by atoms with van der Waals surface area (Å²) in [6, 6.07) is 8.78. The van der Waals surface area contributed by atoms with Crippen LogP contribution in [0, 0.1) is 11.3 Å². The molecular formula is C24H31N3O3. The highest BCUT2D eigenvalue weighted by Crippen LogP contribution is 2.60. The summed E-state index contributed by atoms with van der Waals surface area (Å²) in [4.78, 5) is 16.4. The van der Waals surface area contributed by atoms with Crippen molar-refractivity contribution in [2.75, 3.05) is 0 Å². The molecule has 160 valence electrons. The smallest absolute Gasteiger partial charge is 0.407 e. The lowest BCUT2D eigenvalue weighted by Crippen LogP contribution is -2.58. The molecule has 2 saturated carbocycles. The number of ether oxygens (including phenoxy) is 1. The number of imidazole rings is 1. The fraction of sp³-hybridized carbons (Fsp3) is 0.583. The monoisotopic (exact) mass is 409 g/mol. The molecule has 3 atom stereocenters. The number of nitrogens with one attached hydrogen (secondary N) is 1. The average molecular weight is 410 g/mol. The van der Waals surface area contributed by atoms with Crippen molar-refractivity contribution >= 4 is 6.09 Å². The Morgan fingerprint density at radius 3 is 2.70 bits per heavy atom. The zero-order valence-electron chi connectivity index (χ0n) is 18.0. The molecule has 1 aromatic carbocycles. The second-order valence-electron chi connectivity index (χ2n) is 10.3. The van der Waals surface area contributed by atoms with Crippen LogP contribution in [0.5, 0.6) is 0 Å². The number of alkyl carbamates (subject to hydrolysis) is 1. The quantitative estimate of drug-likeness (QED) is 0.776. The van der Waals surface area contributed by atoms with Gasteiger partial charge in [0.25, 0.3) is 0 Å². The SMILES string of the molecule is CC(C)(C)OC(=O)NC1CCC2(CC1)C[C@H](C1c3ccccc3-c3cncn31)C2O. The highest BCUT2D eigenvalue weighted by molar-refractivity contribution is 5.69. The van der Waals surface area contributed by atoms with E-state index in [1.165, 1.54) is 11.1 Å². The minimum atomic E-state index is -0.485. The van der Waals surface area contributed by atoms with Gasteiger partial charge in [-0.05, 0) is 63.9 Å². The lowest BCUT2D eigenvalue weighted by molar-refractivity contribution is -0.152. The minimum absolute atomic E-state index is 0.0188. The van der Waals surface area contributed by atoms with E-state index in [0.717, 1.165) is 37.8 Å². The lowest BCUT2D eigenvalue weighted by atomic mass is 9.51. The van der Waals surface area contributed by atoms with Gasteiger partial charge in [-0.1, -0.05) is 24.3 Å². The number of nitrogens with zero attached hydrogens (tertiary/aromatic N) is 2. The summed E-state index contributed by atoms with van der Waals surface area (Å²) in [7, 11) is 0. The predicted molar refractivity (Wildman–Crippen MR) is 114 cm³/mol. The Hall–Kier alpha value is -2.34. The maximum absolute atomic E-state index is 12.1. The van der Waals surface area contributed by atoms with Gasteiger partial charge in [0.05, 0.1) is 30.4 Å². The van der Waals surface area contributed by atoms with Crippen LogP contribution >= 0.6 is 0 Å². The van der Waals surface area contributed by atoms with E-state index in [-0.39, 0.29) is 35.6 Å². The molecule has 2 fully saturated rings. The van der Waals surface area contributed by atoms with Gasteiger partial charge in [-0.3, -0.25) is 0 Å². The number of benzene rings is 1. The number of carbonyl (C=O) groups excluding carboxylic acids is 1. The normalized spacial score (nSPS) is 32.3. The van der Waals surface area contributed by atoms with Gasteiger partial charge in [-0.15, -0.1) is 0 Å². The zero-order chi connectivity index (χ0) is 21.1. The van der Waals surface area contributed by atoms with Crippen LogP contribution in [0.3, 0.4) is 0 Å². The largest absolute Gasteiger partial charge is 0.444 e. The number of rotatable bonds is 2. The van der Waals surface area contributed by atoms with E-state index in [4.69, 9.17) is 4.74 Å². The molecule has 30 heavy (non-hydrogen) atoms. The highest BCUT2D eigenvalue weighted by atomic mass is 16.6. The van der Waals surface area contributed by atoms with Gasteiger partial charge >= 0.3 is 6.09 Å². The summed E-state index contributed by atoms with van der Waals surface area (Å²) in [5.74, 6) is 0.206. The Bertz CT molecular complexity index is 953. The third-order valence-corrected chi connectivity index (χ3v) is 7.30. The third-order valence-electron chi connectivity index (χ3n) is 7.30. The Kier molecular flexibility index (Phi) is 4.47. The first kappa shape index (κ1) is 19.6. The van der Waals surface area contributed by atoms with Crippen molar-refractivity contribution in [1.82, 2.24) is 14.9 Å². The molecule has 6 nitrogen and oxygen atoms in total. The Morgan fingerprint density at radius 2 is 2.00 bits per heavy atom. The molecule has 1 amide bonds. The Morgan fingerprint density at radius 1 is 1.27 bits per heavy atom. The van der Waals surface area contributed by atoms with E-state index in [1.54, 1.807) is 0 Å². The molecule has 2 aromatic rings. The predicted octanol–water partition coefficient (Wildman–Crippen LogP) is 4.29. The first-order chi connectivity index (χ1) is 14.3. The van der Waals surface area contributed by atoms with Gasteiger partial charge in [0.1, 0.15) is 5.60 Å². The van der Waals surface area contributed by atoms with Crippen LogP contribution in [0.2, 0.25) is 0 Å². The molecule has 2 unspecified atom stereocenters. The number of aromatic nitrogens is 2. The standard InChI is InChI=1S/C24H31N3O3/c1-23(2,3)30-22(29)26-15-8-10-24(11-9-15)12-18(21(24)28)20-17-7-5-4-6-16(17)19-13-25-14-27(19)20/h4-7,13-15,18,20-21,28H,8-12H2,1-3H3,(H,26,29)/t15?,18-,20?,21?,24?/m1/s1. The van der Waals surface area contributed by atoms with E-state index >= 15 is 0 Å². The van der Waals surface area contributed by atoms with Crippen molar-refractivity contribution in [1.29, 1.82) is 0 Å². The van der Waals surface area contributed by atoms with Crippen molar-refractivity contribution in [3.8, 4) is 11.3 Å². The number of carbonyl (C=O) groups is 1. The maximum atomic E-state index is 12.1. The number of aliphatic hydroxyl groups is 1. The third kappa shape index (κ3) is 3.13. The Balaban J connectivity index is 1.24. The van der Waals surface area contributed by atoms with Gasteiger partial charge in [0.2, 0.25) is 0 Å². The molecule has 2 heterocycles. The fourth-order valence-corrected chi connectivity index (χ4v) is 5.90. The summed E-state index contributed by atoms with van der Waals surface area (Å²) in [5, 5.41) is 14.3. The van der Waals surface area contributed by atoms with Crippen LogP contribution in [0.4, 0.5) is 4.79 Å². The topological polar surface area (TPSA) is 76.4 Å². The van der Waals surface area contributed by atoms with Crippen LogP contribution < -0.4 is 5.32 Å². The van der Waals surface area contributed by atoms with Crippen LogP contribution in [0.15, 0.2) is 36.8 Å². The summed E-state index contributed by atoms with van der Waals surface area (Å²) < 4.78 is 7.63. The van der Waals surface area contributed by atoms with Gasteiger partial charge in [-0.2, -0.15) is 0 Å². The molecule has 1 aliphatic heterocycles. The second kappa shape index (κ2) is 6.84. The van der Waals surface area contributed by atoms with Crippen molar-refractivity contribution < 1.29 is 14.6 Å². The molecule has 1 spiro atoms. The second-order valence-corrected chi connectivity index (χ2v) is 10.3. The van der Waals surface area contributed by atoms with Gasteiger partial charge in [-0.25, -0.2) is 9.78 Å². The number of hydrogen-bond acceptors (Lipinski definition) is 4. The summed E-state index contributed by atoms with van der Waals surface area (Å²) >= 11 is 0. The van der Waals surface area contributed by atoms with Crippen molar-refractivity contribution in [3.05, 3.63) is 42.4 Å². The van der Waals surface area contributed by atoms with E-state index in [2.05, 4.69) is 39.1 Å². The lowest BCUT2D eigenvalue weighted by Gasteiger charge is -2.57. The van der Waals surface area contributed by atoms with Gasteiger partial charge in [0.15, 0.2) is 0 Å². The van der Waals surface area contributed by atoms with E-state index in [9.17, 15) is 9.90 Å². The van der Waals surface area contributed by atoms with Gasteiger partial charge in [0, 0.05) is 17.5 Å². The van der Waals surface area contributed by atoms with Crippen LogP contribution in [-0.2, 0) is 4.74 Å². The summed E-state index contributed by atoms with van der Waals surface area (Å²) in [5.41, 5.74) is 3.18. The fourth-order valence-electron chi connectivity index (χ4n) is 5.90. The highest BCUT2D eigenvalue weighted by Gasteiger charge is 2.57. The Labute approximate surface area is 177 Å². The van der Waals surface area contributed by atoms with E-state index in [0.29, 0.717) is 0 Å². The molecule has 0 saturated heterocycles. The molecule has 6 heteroatoms. The van der Waals surface area contributed by atoms with E-state index < -0.39 is 5.60 Å². The van der Waals surface area contributed by atoms with Crippen LogP contribution in [0.25, 0.3) is 11.3 Å². The van der Waals surface area contributed by atoms with Crippen LogP contribution in [-0.4, -0.2) is 38.5 Å². The molecule has 2 N–H and O–H groups in total. The average Bonchev–Trinajstić information content (AvgIpc) is 3.27. The minimum Gasteiger partial charge on any atom is -0.444 e. The summed E-state index contributed by atoms with van der Waals surface area (Å²) in [6.45, 7) is 5.63.